The average molecular weight is 254 g/mol. The molecule has 0 bridgehead atoms. The molecule has 1 fully saturated rings. The summed E-state index contributed by atoms with van der Waals surface area (Å²) in [6.45, 7) is 0.666. The zero-order valence-corrected chi connectivity index (χ0v) is 10.4. The Labute approximate surface area is 111 Å². The smallest absolute Gasteiger partial charge is 0.165 e. The molecule has 0 spiro atoms. The second kappa shape index (κ2) is 4.65. The van der Waals surface area contributed by atoms with Crippen LogP contribution in [-0.2, 0) is 6.54 Å². The fourth-order valence-electron chi connectivity index (χ4n) is 2.06. The van der Waals surface area contributed by atoms with Gasteiger partial charge in [-0.25, -0.2) is 4.98 Å². The SMILES string of the molecule is N#Cc1nc(N(Cc2ccco2)C2CC2)ccc1N. The Morgan fingerprint density at radius 3 is 2.89 bits per heavy atom. The molecule has 2 aromatic rings. The van der Waals surface area contributed by atoms with Crippen molar-refractivity contribution in [1.82, 2.24) is 4.98 Å². The molecule has 0 aromatic carbocycles. The van der Waals surface area contributed by atoms with E-state index in [0.29, 0.717) is 18.3 Å². The van der Waals surface area contributed by atoms with E-state index < -0.39 is 0 Å². The number of furan rings is 1. The summed E-state index contributed by atoms with van der Waals surface area (Å²) in [6.07, 6.45) is 3.96. The van der Waals surface area contributed by atoms with Gasteiger partial charge in [0.15, 0.2) is 5.69 Å². The third kappa shape index (κ3) is 2.38. The quantitative estimate of drug-likeness (QED) is 0.905. The van der Waals surface area contributed by atoms with Crippen LogP contribution < -0.4 is 10.6 Å². The lowest BCUT2D eigenvalue weighted by Crippen LogP contribution is -2.26. The summed E-state index contributed by atoms with van der Waals surface area (Å²) in [5.41, 5.74) is 6.40. The first kappa shape index (κ1) is 11.6. The van der Waals surface area contributed by atoms with Crippen LogP contribution in [0.3, 0.4) is 0 Å². The second-order valence-electron chi connectivity index (χ2n) is 4.66. The lowest BCUT2D eigenvalue weighted by molar-refractivity contribution is 0.500. The first-order valence-corrected chi connectivity index (χ1v) is 6.23. The first-order valence-electron chi connectivity index (χ1n) is 6.23. The number of hydrogen-bond donors (Lipinski definition) is 1. The normalized spacial score (nSPS) is 14.1. The summed E-state index contributed by atoms with van der Waals surface area (Å²) < 4.78 is 5.38. The van der Waals surface area contributed by atoms with Gasteiger partial charge in [0.05, 0.1) is 18.5 Å². The molecule has 0 unspecified atom stereocenters. The van der Waals surface area contributed by atoms with Crippen molar-refractivity contribution in [3.63, 3.8) is 0 Å². The molecule has 3 rings (SSSR count). The summed E-state index contributed by atoms with van der Waals surface area (Å²) in [7, 11) is 0. The summed E-state index contributed by atoms with van der Waals surface area (Å²) in [4.78, 5) is 6.50. The highest BCUT2D eigenvalue weighted by molar-refractivity contribution is 5.56. The van der Waals surface area contributed by atoms with Gasteiger partial charge in [-0.3, -0.25) is 0 Å². The third-order valence-corrected chi connectivity index (χ3v) is 3.21. The van der Waals surface area contributed by atoms with E-state index >= 15 is 0 Å². The Kier molecular flexibility index (Phi) is 2.84. The molecule has 5 heteroatoms. The van der Waals surface area contributed by atoms with Crippen LogP contribution in [0, 0.1) is 11.3 Å². The Hall–Kier alpha value is -2.48. The van der Waals surface area contributed by atoms with E-state index in [1.807, 2.05) is 24.3 Å². The van der Waals surface area contributed by atoms with Crippen LogP contribution in [0.4, 0.5) is 11.5 Å². The molecular formula is C14H14N4O. The first-order chi connectivity index (χ1) is 9.28. The lowest BCUT2D eigenvalue weighted by atomic mass is 10.3. The maximum Gasteiger partial charge on any atom is 0.165 e. The number of nitrogens with zero attached hydrogens (tertiary/aromatic N) is 3. The van der Waals surface area contributed by atoms with E-state index in [0.717, 1.165) is 24.4 Å². The van der Waals surface area contributed by atoms with E-state index in [1.54, 1.807) is 12.3 Å². The van der Waals surface area contributed by atoms with Crippen LogP contribution in [0.5, 0.6) is 0 Å². The molecule has 2 N–H and O–H groups in total. The van der Waals surface area contributed by atoms with Crippen molar-refractivity contribution in [3.05, 3.63) is 42.0 Å². The highest BCUT2D eigenvalue weighted by Crippen LogP contribution is 2.32. The minimum atomic E-state index is 0.280. The Morgan fingerprint density at radius 2 is 2.26 bits per heavy atom. The van der Waals surface area contributed by atoms with Crippen molar-refractivity contribution in [3.8, 4) is 6.07 Å². The number of nitriles is 1. The predicted molar refractivity (Wildman–Crippen MR) is 71.3 cm³/mol. The van der Waals surface area contributed by atoms with Gasteiger partial charge in [-0.05, 0) is 37.1 Å². The average Bonchev–Trinajstić information content (AvgIpc) is 3.14. The molecule has 0 amide bonds. The zero-order valence-electron chi connectivity index (χ0n) is 10.4. The Bertz CT molecular complexity index is 611. The van der Waals surface area contributed by atoms with E-state index in [-0.39, 0.29) is 5.69 Å². The molecule has 0 atom stereocenters. The molecule has 0 aliphatic heterocycles. The topological polar surface area (TPSA) is 79.1 Å². The number of rotatable bonds is 4. The van der Waals surface area contributed by atoms with Crippen molar-refractivity contribution >= 4 is 11.5 Å². The molecule has 1 aliphatic carbocycles. The van der Waals surface area contributed by atoms with Gasteiger partial charge in [-0.15, -0.1) is 0 Å². The monoisotopic (exact) mass is 254 g/mol. The van der Waals surface area contributed by atoms with Crippen LogP contribution in [0.25, 0.3) is 0 Å². The summed E-state index contributed by atoms with van der Waals surface area (Å²) in [6, 6.07) is 9.91. The van der Waals surface area contributed by atoms with E-state index in [9.17, 15) is 0 Å². The molecule has 19 heavy (non-hydrogen) atoms. The molecule has 5 nitrogen and oxygen atoms in total. The van der Waals surface area contributed by atoms with Gasteiger partial charge >= 0.3 is 0 Å². The molecule has 2 aromatic heterocycles. The van der Waals surface area contributed by atoms with Crippen molar-refractivity contribution in [2.45, 2.75) is 25.4 Å². The molecule has 0 radical (unpaired) electrons. The molecular weight excluding hydrogens is 240 g/mol. The minimum absolute atomic E-state index is 0.280. The van der Waals surface area contributed by atoms with Crippen LogP contribution in [0.1, 0.15) is 24.3 Å². The van der Waals surface area contributed by atoms with Gasteiger partial charge in [-0.1, -0.05) is 0 Å². The van der Waals surface area contributed by atoms with Crippen molar-refractivity contribution in [2.24, 2.45) is 0 Å². The summed E-state index contributed by atoms with van der Waals surface area (Å²) in [5, 5.41) is 9.01. The molecule has 2 heterocycles. The van der Waals surface area contributed by atoms with Crippen molar-refractivity contribution in [1.29, 1.82) is 5.26 Å². The van der Waals surface area contributed by atoms with Crippen molar-refractivity contribution in [2.75, 3.05) is 10.6 Å². The number of pyridine rings is 1. The van der Waals surface area contributed by atoms with Crippen LogP contribution in [0.2, 0.25) is 0 Å². The van der Waals surface area contributed by atoms with Gasteiger partial charge < -0.3 is 15.1 Å². The number of nitrogen functional groups attached to an aromatic ring is 1. The fraction of sp³-hybridized carbons (Fsp3) is 0.286. The summed E-state index contributed by atoms with van der Waals surface area (Å²) >= 11 is 0. The third-order valence-electron chi connectivity index (χ3n) is 3.21. The van der Waals surface area contributed by atoms with Crippen molar-refractivity contribution < 1.29 is 4.42 Å². The van der Waals surface area contributed by atoms with Gasteiger partial charge in [0, 0.05) is 6.04 Å². The minimum Gasteiger partial charge on any atom is -0.467 e. The second-order valence-corrected chi connectivity index (χ2v) is 4.66. The maximum atomic E-state index is 9.01. The summed E-state index contributed by atoms with van der Waals surface area (Å²) in [5.74, 6) is 1.67. The number of anilines is 2. The highest BCUT2D eigenvalue weighted by atomic mass is 16.3. The maximum absolute atomic E-state index is 9.01. The molecule has 96 valence electrons. The number of hydrogen-bond acceptors (Lipinski definition) is 5. The molecule has 0 saturated heterocycles. The molecule has 1 saturated carbocycles. The van der Waals surface area contributed by atoms with Crippen LogP contribution >= 0.6 is 0 Å². The van der Waals surface area contributed by atoms with E-state index in [2.05, 4.69) is 9.88 Å². The van der Waals surface area contributed by atoms with Gasteiger partial charge in [-0.2, -0.15) is 5.26 Å². The number of nitrogens with two attached hydrogens (primary N) is 1. The standard InChI is InChI=1S/C14H14N4O/c15-8-13-12(16)5-6-14(17-13)18(10-3-4-10)9-11-2-1-7-19-11/h1-2,5-7,10H,3-4,9,16H2. The predicted octanol–water partition coefficient (Wildman–Crippen LogP) is 2.30. The van der Waals surface area contributed by atoms with Gasteiger partial charge in [0.1, 0.15) is 17.6 Å². The van der Waals surface area contributed by atoms with E-state index in [1.165, 1.54) is 0 Å². The van der Waals surface area contributed by atoms with Crippen LogP contribution in [-0.4, -0.2) is 11.0 Å². The van der Waals surface area contributed by atoms with Gasteiger partial charge in [0.25, 0.3) is 0 Å². The van der Waals surface area contributed by atoms with E-state index in [4.69, 9.17) is 15.4 Å². The highest BCUT2D eigenvalue weighted by Gasteiger charge is 2.30. The van der Waals surface area contributed by atoms with Gasteiger partial charge in [0.2, 0.25) is 0 Å². The Balaban J connectivity index is 1.90. The largest absolute Gasteiger partial charge is 0.467 e. The fourth-order valence-corrected chi connectivity index (χ4v) is 2.06. The molecule has 1 aliphatic rings. The lowest BCUT2D eigenvalue weighted by Gasteiger charge is -2.22. The van der Waals surface area contributed by atoms with Crippen LogP contribution in [0.15, 0.2) is 34.9 Å². The zero-order chi connectivity index (χ0) is 13.2. The Morgan fingerprint density at radius 1 is 1.42 bits per heavy atom. The number of aromatic nitrogens is 1.